The molecule has 1 heterocycles. The summed E-state index contributed by atoms with van der Waals surface area (Å²) in [6, 6.07) is 8.28. The summed E-state index contributed by atoms with van der Waals surface area (Å²) in [4.78, 5) is 0. The fraction of sp³-hybridized carbons (Fsp3) is 0.579. The highest BCUT2D eigenvalue weighted by molar-refractivity contribution is 7.71. The smallest absolute Gasteiger partial charge is 0.199 e. The van der Waals surface area contributed by atoms with Crippen LogP contribution in [-0.2, 0) is 18.8 Å². The van der Waals surface area contributed by atoms with Crippen LogP contribution in [0.5, 0.6) is 0 Å². The Kier molecular flexibility index (Phi) is 4.73. The highest BCUT2D eigenvalue weighted by atomic mass is 35.5. The molecule has 0 bridgehead atoms. The van der Waals surface area contributed by atoms with Gasteiger partial charge < -0.3 is 4.57 Å². The first-order chi connectivity index (χ1) is 12.1. The predicted molar refractivity (Wildman–Crippen MR) is 103 cm³/mol. The van der Waals surface area contributed by atoms with Gasteiger partial charge in [-0.2, -0.15) is 5.10 Å². The third-order valence-electron chi connectivity index (χ3n) is 5.63. The Morgan fingerprint density at radius 2 is 1.92 bits per heavy atom. The molecule has 0 atom stereocenters. The number of halogens is 1. The van der Waals surface area contributed by atoms with Gasteiger partial charge in [0.2, 0.25) is 0 Å². The Balaban J connectivity index is 1.58. The molecule has 2 saturated carbocycles. The summed E-state index contributed by atoms with van der Waals surface area (Å²) in [7, 11) is 0. The Labute approximate surface area is 159 Å². The van der Waals surface area contributed by atoms with Crippen molar-refractivity contribution in [3.05, 3.63) is 45.4 Å². The summed E-state index contributed by atoms with van der Waals surface area (Å²) in [5, 5.41) is 9.41. The lowest BCUT2D eigenvalue weighted by Crippen LogP contribution is -2.41. The van der Waals surface area contributed by atoms with E-state index < -0.39 is 0 Å². The van der Waals surface area contributed by atoms with Crippen molar-refractivity contribution in [3.8, 4) is 0 Å². The number of aromatic nitrogens is 3. The van der Waals surface area contributed by atoms with E-state index in [0.717, 1.165) is 29.2 Å². The van der Waals surface area contributed by atoms with Crippen molar-refractivity contribution in [3.63, 3.8) is 0 Å². The maximum atomic E-state index is 6.08. The summed E-state index contributed by atoms with van der Waals surface area (Å²) in [6.45, 7) is 3.70. The summed E-state index contributed by atoms with van der Waals surface area (Å²) >= 11 is 11.8. The lowest BCUT2D eigenvalue weighted by Gasteiger charge is -2.31. The van der Waals surface area contributed by atoms with E-state index in [1.165, 1.54) is 37.1 Å². The van der Waals surface area contributed by atoms with Gasteiger partial charge in [-0.3, -0.25) is 5.32 Å². The number of nitrogens with one attached hydrogen (secondary N) is 1. The number of rotatable bonds is 6. The summed E-state index contributed by atoms with van der Waals surface area (Å²) in [5.41, 5.74) is 1.33. The molecule has 134 valence electrons. The second-order valence-corrected chi connectivity index (χ2v) is 8.09. The molecule has 0 aliphatic heterocycles. The monoisotopic (exact) mass is 376 g/mol. The molecule has 1 aromatic heterocycles. The molecule has 0 radical (unpaired) electrons. The second kappa shape index (κ2) is 6.86. The number of nitrogens with zero attached hydrogens (tertiary/aromatic N) is 3. The van der Waals surface area contributed by atoms with Crippen LogP contribution in [0.2, 0.25) is 5.02 Å². The Morgan fingerprint density at radius 3 is 2.52 bits per heavy atom. The molecule has 2 aliphatic carbocycles. The molecule has 1 N–H and O–H groups in total. The van der Waals surface area contributed by atoms with Crippen molar-refractivity contribution < 1.29 is 0 Å². The van der Waals surface area contributed by atoms with Gasteiger partial charge in [0.25, 0.3) is 0 Å². The summed E-state index contributed by atoms with van der Waals surface area (Å²) in [5.74, 6) is 1.78. The maximum Gasteiger partial charge on any atom is 0.199 e. The first-order valence-corrected chi connectivity index (χ1v) is 10.1. The predicted octanol–water partition coefficient (Wildman–Crippen LogP) is 4.98. The van der Waals surface area contributed by atoms with E-state index in [1.54, 1.807) is 0 Å². The van der Waals surface area contributed by atoms with Gasteiger partial charge in [0.1, 0.15) is 5.82 Å². The van der Waals surface area contributed by atoms with Crippen LogP contribution in [0.15, 0.2) is 24.3 Å². The average Bonchev–Trinajstić information content (AvgIpc) is 3.26. The van der Waals surface area contributed by atoms with Gasteiger partial charge in [0.15, 0.2) is 4.77 Å². The van der Waals surface area contributed by atoms with Crippen LogP contribution in [0.3, 0.4) is 0 Å². The van der Waals surface area contributed by atoms with E-state index in [2.05, 4.69) is 28.9 Å². The molecule has 4 rings (SSSR count). The zero-order valence-corrected chi connectivity index (χ0v) is 16.2. The summed E-state index contributed by atoms with van der Waals surface area (Å²) in [6.07, 6.45) is 7.27. The molecule has 0 unspecified atom stereocenters. The van der Waals surface area contributed by atoms with E-state index in [0.29, 0.717) is 12.6 Å². The molecule has 25 heavy (non-hydrogen) atoms. The molecular formula is C19H25ClN4S. The Morgan fingerprint density at radius 1 is 1.24 bits per heavy atom. The van der Waals surface area contributed by atoms with E-state index in [-0.39, 0.29) is 5.54 Å². The lowest BCUT2D eigenvalue weighted by atomic mass is 9.88. The number of benzene rings is 1. The van der Waals surface area contributed by atoms with Crippen molar-refractivity contribution in [2.45, 2.75) is 70.1 Å². The minimum atomic E-state index is 0.00903. The molecule has 2 aromatic rings. The molecule has 0 saturated heterocycles. The summed E-state index contributed by atoms with van der Waals surface area (Å²) < 4.78 is 5.00. The molecular weight excluding hydrogens is 352 g/mol. The third kappa shape index (κ3) is 3.29. The largest absolute Gasteiger partial charge is 0.304 e. The van der Waals surface area contributed by atoms with Crippen LogP contribution in [0.25, 0.3) is 0 Å². The molecule has 2 fully saturated rings. The van der Waals surface area contributed by atoms with Gasteiger partial charge >= 0.3 is 0 Å². The zero-order chi connectivity index (χ0) is 17.4. The fourth-order valence-electron chi connectivity index (χ4n) is 4.04. The molecule has 6 heteroatoms. The zero-order valence-electron chi connectivity index (χ0n) is 14.7. The number of hydrogen-bond donors (Lipinski definition) is 1. The van der Waals surface area contributed by atoms with Crippen LogP contribution in [0, 0.1) is 4.77 Å². The van der Waals surface area contributed by atoms with Gasteiger partial charge in [0, 0.05) is 23.0 Å². The third-order valence-corrected chi connectivity index (χ3v) is 6.31. The van der Waals surface area contributed by atoms with E-state index in [9.17, 15) is 0 Å². The normalized spacial score (nSPS) is 19.4. The van der Waals surface area contributed by atoms with E-state index in [1.807, 2.05) is 16.8 Å². The van der Waals surface area contributed by atoms with E-state index >= 15 is 0 Å². The van der Waals surface area contributed by atoms with Crippen molar-refractivity contribution in [2.24, 2.45) is 0 Å². The van der Waals surface area contributed by atoms with E-state index in [4.69, 9.17) is 28.9 Å². The van der Waals surface area contributed by atoms with Crippen LogP contribution >= 0.6 is 23.8 Å². The quantitative estimate of drug-likeness (QED) is 0.722. The van der Waals surface area contributed by atoms with Crippen molar-refractivity contribution in [2.75, 3.05) is 0 Å². The van der Waals surface area contributed by atoms with Crippen molar-refractivity contribution >= 4 is 23.8 Å². The van der Waals surface area contributed by atoms with Gasteiger partial charge in [-0.25, -0.2) is 4.68 Å². The second-order valence-electron chi connectivity index (χ2n) is 7.29. The Bertz CT molecular complexity index is 798. The topological polar surface area (TPSA) is 34.8 Å². The van der Waals surface area contributed by atoms with Crippen LogP contribution in [0.1, 0.15) is 62.8 Å². The fourth-order valence-corrected chi connectivity index (χ4v) is 4.50. The SMILES string of the molecule is CCn1c(C2CC2)nn(CNC2(c3ccc(Cl)cc3)CCCC2)c1=S. The molecule has 2 aliphatic rings. The first kappa shape index (κ1) is 17.3. The number of hydrogen-bond acceptors (Lipinski definition) is 3. The molecule has 0 spiro atoms. The van der Waals surface area contributed by atoms with Gasteiger partial charge in [-0.05, 0) is 62.5 Å². The standard InChI is InChI=1S/C19H25ClN4S/c1-2-23-17(14-5-6-14)22-24(18(23)25)13-21-19(11-3-4-12-19)15-7-9-16(20)10-8-15/h7-10,14,21H,2-6,11-13H2,1H3. The van der Waals surface area contributed by atoms with Gasteiger partial charge in [-0.15, -0.1) is 0 Å². The van der Waals surface area contributed by atoms with Crippen LogP contribution < -0.4 is 5.32 Å². The van der Waals surface area contributed by atoms with Gasteiger partial charge in [0.05, 0.1) is 6.67 Å². The Hall–Kier alpha value is -1.17. The highest BCUT2D eigenvalue weighted by Crippen LogP contribution is 2.40. The first-order valence-electron chi connectivity index (χ1n) is 9.31. The molecule has 0 amide bonds. The maximum absolute atomic E-state index is 6.08. The molecule has 1 aromatic carbocycles. The minimum absolute atomic E-state index is 0.00903. The van der Waals surface area contributed by atoms with Crippen LogP contribution in [-0.4, -0.2) is 14.3 Å². The van der Waals surface area contributed by atoms with Gasteiger partial charge in [-0.1, -0.05) is 36.6 Å². The van der Waals surface area contributed by atoms with Crippen molar-refractivity contribution in [1.29, 1.82) is 0 Å². The van der Waals surface area contributed by atoms with Crippen molar-refractivity contribution in [1.82, 2.24) is 19.7 Å². The highest BCUT2D eigenvalue weighted by Gasteiger charge is 2.35. The molecule has 4 nitrogen and oxygen atoms in total. The lowest BCUT2D eigenvalue weighted by molar-refractivity contribution is 0.297. The minimum Gasteiger partial charge on any atom is -0.304 e. The average molecular weight is 377 g/mol. The van der Waals surface area contributed by atoms with Crippen LogP contribution in [0.4, 0.5) is 0 Å².